The number of hydrogen-bond donors (Lipinski definition) is 2. The summed E-state index contributed by atoms with van der Waals surface area (Å²) in [5.74, 6) is 0.167. The molecule has 2 heterocycles. The zero-order valence-corrected chi connectivity index (χ0v) is 26.9. The summed E-state index contributed by atoms with van der Waals surface area (Å²) < 4.78 is 33.7. The van der Waals surface area contributed by atoms with Crippen molar-refractivity contribution in [2.24, 2.45) is 0 Å². The first-order valence-corrected chi connectivity index (χ1v) is 15.9. The average Bonchev–Trinajstić information content (AvgIpc) is 3.71. The van der Waals surface area contributed by atoms with Gasteiger partial charge < -0.3 is 28.3 Å². The highest BCUT2D eigenvalue weighted by Gasteiger charge is 2.26. The molecule has 0 saturated carbocycles. The Bertz CT molecular complexity index is 2250. The topological polar surface area (TPSA) is 149 Å². The van der Waals surface area contributed by atoms with Crippen LogP contribution in [0.3, 0.4) is 0 Å². The van der Waals surface area contributed by atoms with E-state index in [2.05, 4.69) is 16.4 Å². The number of benzene rings is 4. The summed E-state index contributed by atoms with van der Waals surface area (Å²) in [4.78, 5) is 18.0. The van der Waals surface area contributed by atoms with Crippen LogP contribution in [0, 0.1) is 28.5 Å². The standard InChI is InChI=1S/C36H28FN5O5S/c1-40-35(44)32-26-16-25(21-9-12-29(45-2)27(15-21)36-41-33-22(18-39)5-4-6-30(33)47-36)28(42(48-3)19-24(43)13-14-38)17-31(26)46-34(32)20-7-10-23(37)11-8-20/h4-12,15-17,24,43H,13,19H2,1-3H3,(H,40,44). The van der Waals surface area contributed by atoms with Crippen molar-refractivity contribution < 1.29 is 27.9 Å². The quantitative estimate of drug-likeness (QED) is 0.143. The fraction of sp³-hybridized carbons (Fsp3) is 0.167. The first kappa shape index (κ1) is 32.1. The largest absolute Gasteiger partial charge is 0.496 e. The molecule has 1 amide bonds. The Kier molecular flexibility index (Phi) is 9.04. The molecule has 1 unspecified atom stereocenters. The number of rotatable bonds is 10. The molecule has 240 valence electrons. The zero-order valence-electron chi connectivity index (χ0n) is 26.1. The number of amides is 1. The monoisotopic (exact) mass is 661 g/mol. The maximum absolute atomic E-state index is 13.8. The molecule has 12 heteroatoms. The van der Waals surface area contributed by atoms with Crippen LogP contribution in [0.15, 0.2) is 81.6 Å². The first-order chi connectivity index (χ1) is 23.3. The lowest BCUT2D eigenvalue weighted by atomic mass is 9.96. The molecule has 1 atom stereocenters. The van der Waals surface area contributed by atoms with Gasteiger partial charge in [0, 0.05) is 35.9 Å². The van der Waals surface area contributed by atoms with Crippen molar-refractivity contribution in [3.05, 3.63) is 89.7 Å². The molecule has 2 aromatic heterocycles. The van der Waals surface area contributed by atoms with Gasteiger partial charge in [0.15, 0.2) is 5.58 Å². The van der Waals surface area contributed by atoms with Crippen LogP contribution < -0.4 is 14.4 Å². The van der Waals surface area contributed by atoms with E-state index in [1.54, 1.807) is 42.5 Å². The number of nitrogens with zero attached hydrogens (tertiary/aromatic N) is 4. The summed E-state index contributed by atoms with van der Waals surface area (Å²) in [5.41, 5.74) is 4.91. The minimum atomic E-state index is -0.945. The summed E-state index contributed by atoms with van der Waals surface area (Å²) in [6, 6.07) is 24.0. The number of halogens is 1. The molecule has 0 radical (unpaired) electrons. The molecule has 0 aliphatic carbocycles. The molecular weight excluding hydrogens is 633 g/mol. The van der Waals surface area contributed by atoms with E-state index in [9.17, 15) is 24.8 Å². The molecule has 0 bridgehead atoms. The van der Waals surface area contributed by atoms with Crippen molar-refractivity contribution >= 4 is 45.6 Å². The predicted octanol–water partition coefficient (Wildman–Crippen LogP) is 7.31. The highest BCUT2D eigenvalue weighted by molar-refractivity contribution is 8.00. The number of nitriles is 2. The third-order valence-corrected chi connectivity index (χ3v) is 8.63. The predicted molar refractivity (Wildman–Crippen MR) is 182 cm³/mol. The number of aliphatic hydroxyl groups is 1. The summed E-state index contributed by atoms with van der Waals surface area (Å²) in [7, 11) is 3.05. The number of ether oxygens (including phenoxy) is 1. The molecule has 6 aromatic rings. The second-order valence-electron chi connectivity index (χ2n) is 10.7. The molecule has 0 spiro atoms. The number of carbonyl (C=O) groups excluding carboxylic acids is 1. The van der Waals surface area contributed by atoms with Crippen LogP contribution in [-0.2, 0) is 0 Å². The van der Waals surface area contributed by atoms with Crippen LogP contribution in [0.25, 0.3) is 56.0 Å². The van der Waals surface area contributed by atoms with Gasteiger partial charge in [0.05, 0.1) is 54.6 Å². The molecule has 10 nitrogen and oxygen atoms in total. The lowest BCUT2D eigenvalue weighted by Gasteiger charge is -2.26. The fourth-order valence-electron chi connectivity index (χ4n) is 5.55. The van der Waals surface area contributed by atoms with E-state index < -0.39 is 17.8 Å². The minimum absolute atomic E-state index is 0.0694. The molecule has 4 aromatic carbocycles. The Labute approximate surface area is 279 Å². The Hall–Kier alpha value is -5.82. The van der Waals surface area contributed by atoms with E-state index in [1.165, 1.54) is 38.2 Å². The van der Waals surface area contributed by atoms with Gasteiger partial charge in [-0.15, -0.1) is 0 Å². The van der Waals surface area contributed by atoms with Gasteiger partial charge >= 0.3 is 0 Å². The van der Waals surface area contributed by atoms with Crippen molar-refractivity contribution in [3.63, 3.8) is 0 Å². The first-order valence-electron chi connectivity index (χ1n) is 14.7. The number of hydrogen-bond acceptors (Lipinski definition) is 10. The number of anilines is 1. The summed E-state index contributed by atoms with van der Waals surface area (Å²) >= 11 is 1.34. The van der Waals surface area contributed by atoms with E-state index in [0.29, 0.717) is 61.3 Å². The second-order valence-corrected chi connectivity index (χ2v) is 11.5. The van der Waals surface area contributed by atoms with E-state index in [4.69, 9.17) is 13.6 Å². The van der Waals surface area contributed by atoms with E-state index in [1.807, 2.05) is 34.8 Å². The maximum Gasteiger partial charge on any atom is 0.255 e. The molecule has 2 N–H and O–H groups in total. The van der Waals surface area contributed by atoms with Gasteiger partial charge in [-0.2, -0.15) is 10.5 Å². The highest BCUT2D eigenvalue weighted by Crippen LogP contribution is 2.44. The normalized spacial score (nSPS) is 11.6. The van der Waals surface area contributed by atoms with Gasteiger partial charge in [0.2, 0.25) is 5.89 Å². The third kappa shape index (κ3) is 5.91. The number of furan rings is 1. The fourth-order valence-corrected chi connectivity index (χ4v) is 6.22. The average molecular weight is 662 g/mol. The third-order valence-electron chi connectivity index (χ3n) is 7.84. The van der Waals surface area contributed by atoms with Crippen molar-refractivity contribution in [2.45, 2.75) is 12.5 Å². The number of fused-ring (bicyclic) bond motifs is 2. The lowest BCUT2D eigenvalue weighted by Crippen LogP contribution is -2.27. The van der Waals surface area contributed by atoms with Crippen molar-refractivity contribution in [2.75, 3.05) is 31.3 Å². The minimum Gasteiger partial charge on any atom is -0.496 e. The van der Waals surface area contributed by atoms with Crippen molar-refractivity contribution in [1.29, 1.82) is 10.5 Å². The number of aliphatic hydroxyl groups excluding tert-OH is 1. The molecule has 6 rings (SSSR count). The van der Waals surface area contributed by atoms with Crippen LogP contribution in [-0.4, -0.2) is 49.1 Å². The van der Waals surface area contributed by atoms with Gasteiger partial charge in [-0.3, -0.25) is 4.79 Å². The molecular formula is C36H28FN5O5S. The van der Waals surface area contributed by atoms with Crippen LogP contribution in [0.2, 0.25) is 0 Å². The maximum atomic E-state index is 13.8. The smallest absolute Gasteiger partial charge is 0.255 e. The van der Waals surface area contributed by atoms with Crippen LogP contribution in [0.5, 0.6) is 5.75 Å². The highest BCUT2D eigenvalue weighted by atomic mass is 32.2. The number of aromatic nitrogens is 1. The number of carbonyl (C=O) groups is 1. The summed E-state index contributed by atoms with van der Waals surface area (Å²) in [5, 5.41) is 32.7. The Morgan fingerprint density at radius 1 is 1.06 bits per heavy atom. The molecule has 0 aliphatic heterocycles. The zero-order chi connectivity index (χ0) is 33.9. The number of methoxy groups -OCH3 is 1. The van der Waals surface area contributed by atoms with Gasteiger partial charge in [-0.05, 0) is 60.2 Å². The van der Waals surface area contributed by atoms with Crippen molar-refractivity contribution in [3.8, 4) is 51.8 Å². The SMILES string of the molecule is CNC(=O)c1c(-c2ccc(F)cc2)oc2cc(N(CC(O)CC#N)SC)c(-c3ccc(OC)c(-c4nc5c(C#N)cccc5o4)c3)cc12. The van der Waals surface area contributed by atoms with Gasteiger partial charge in [0.25, 0.3) is 5.91 Å². The van der Waals surface area contributed by atoms with Gasteiger partial charge in [0.1, 0.15) is 34.5 Å². The molecule has 0 fully saturated rings. The van der Waals surface area contributed by atoms with Crippen LogP contribution >= 0.6 is 11.9 Å². The second kappa shape index (κ2) is 13.5. The van der Waals surface area contributed by atoms with Gasteiger partial charge in [-0.25, -0.2) is 9.37 Å². The van der Waals surface area contributed by atoms with Crippen molar-refractivity contribution in [1.82, 2.24) is 10.3 Å². The number of nitrogens with one attached hydrogen (secondary N) is 1. The van der Waals surface area contributed by atoms with E-state index in [-0.39, 0.29) is 30.2 Å². The van der Waals surface area contributed by atoms with Crippen LogP contribution in [0.4, 0.5) is 10.1 Å². The Morgan fingerprint density at radius 2 is 1.83 bits per heavy atom. The summed E-state index contributed by atoms with van der Waals surface area (Å²) in [6.45, 7) is 0.117. The van der Waals surface area contributed by atoms with Crippen LogP contribution in [0.1, 0.15) is 22.3 Å². The Morgan fingerprint density at radius 3 is 2.52 bits per heavy atom. The number of oxazole rings is 1. The summed E-state index contributed by atoms with van der Waals surface area (Å²) in [6.07, 6.45) is 0.832. The molecule has 0 saturated heterocycles. The number of para-hydroxylation sites is 1. The van der Waals surface area contributed by atoms with Gasteiger partial charge in [-0.1, -0.05) is 24.1 Å². The molecule has 0 aliphatic rings. The lowest BCUT2D eigenvalue weighted by molar-refractivity contribution is 0.0964. The molecule has 48 heavy (non-hydrogen) atoms. The Balaban J connectivity index is 1.62. The van der Waals surface area contributed by atoms with E-state index in [0.717, 1.165) is 0 Å². The van der Waals surface area contributed by atoms with E-state index >= 15 is 0 Å².